The molecule has 1 heterocycles. The van der Waals surface area contributed by atoms with Gasteiger partial charge in [0.1, 0.15) is 11.6 Å². The topological polar surface area (TPSA) is 107 Å². The number of benzene rings is 3. The van der Waals surface area contributed by atoms with Crippen molar-refractivity contribution in [2.45, 2.75) is 11.8 Å². The maximum Gasteiger partial charge on any atom is 0.261 e. The van der Waals surface area contributed by atoms with Crippen molar-refractivity contribution in [1.82, 2.24) is 9.80 Å². The molecule has 0 aliphatic carbocycles. The largest absolute Gasteiger partial charge is 0.507 e. The summed E-state index contributed by atoms with van der Waals surface area (Å²) in [4.78, 5) is 28.7. The molecule has 3 aromatic rings. The lowest BCUT2D eigenvalue weighted by atomic mass is 10.1. The summed E-state index contributed by atoms with van der Waals surface area (Å²) >= 11 is 0. The van der Waals surface area contributed by atoms with E-state index in [1.54, 1.807) is 28.0 Å². The summed E-state index contributed by atoms with van der Waals surface area (Å²) in [5, 5.41) is 9.91. The number of halogens is 1. The van der Waals surface area contributed by atoms with Gasteiger partial charge in [-0.1, -0.05) is 12.1 Å². The van der Waals surface area contributed by atoms with Crippen LogP contribution in [0.25, 0.3) is 0 Å². The van der Waals surface area contributed by atoms with Gasteiger partial charge in [0.25, 0.3) is 21.8 Å². The summed E-state index contributed by atoms with van der Waals surface area (Å²) in [7, 11) is -3.91. The number of hydrogen-bond acceptors (Lipinski definition) is 5. The second-order valence-corrected chi connectivity index (χ2v) is 9.88. The third kappa shape index (κ3) is 5.27. The highest BCUT2D eigenvalue weighted by atomic mass is 32.2. The van der Waals surface area contributed by atoms with Gasteiger partial charge in [0.05, 0.1) is 10.5 Å². The normalized spacial score (nSPS) is 14.0. The van der Waals surface area contributed by atoms with Gasteiger partial charge in [0, 0.05) is 37.4 Å². The third-order valence-corrected chi connectivity index (χ3v) is 7.19. The minimum Gasteiger partial charge on any atom is -0.507 e. The number of amides is 2. The molecular weight excluding hydrogens is 473 g/mol. The molecule has 2 N–H and O–H groups in total. The number of carbonyl (C=O) groups is 2. The van der Waals surface area contributed by atoms with Crippen molar-refractivity contribution in [2.75, 3.05) is 30.9 Å². The SMILES string of the molecule is Cc1cc(S(=O)(=O)Nc2ccc(C(=O)N3CCN(C(=O)c4ccccc4O)CC3)cc2)ccc1F. The molecule has 0 aromatic heterocycles. The van der Waals surface area contributed by atoms with Crippen LogP contribution in [0.5, 0.6) is 5.75 Å². The van der Waals surface area contributed by atoms with E-state index in [1.165, 1.54) is 49.4 Å². The zero-order chi connectivity index (χ0) is 25.2. The molecule has 1 fully saturated rings. The maximum atomic E-state index is 13.5. The Morgan fingerprint density at radius 3 is 2.09 bits per heavy atom. The predicted molar refractivity (Wildman–Crippen MR) is 128 cm³/mol. The number of phenols is 1. The quantitative estimate of drug-likeness (QED) is 0.563. The van der Waals surface area contributed by atoms with E-state index in [2.05, 4.69) is 4.72 Å². The molecule has 0 spiro atoms. The highest BCUT2D eigenvalue weighted by Crippen LogP contribution is 2.21. The monoisotopic (exact) mass is 497 g/mol. The number of rotatable bonds is 5. The molecular formula is C25H24FN3O5S. The van der Waals surface area contributed by atoms with Crippen molar-refractivity contribution >= 4 is 27.5 Å². The van der Waals surface area contributed by atoms with E-state index in [-0.39, 0.29) is 39.3 Å². The zero-order valence-corrected chi connectivity index (χ0v) is 19.8. The fourth-order valence-electron chi connectivity index (χ4n) is 3.80. The molecule has 0 radical (unpaired) electrons. The molecule has 1 aliphatic heterocycles. The lowest BCUT2D eigenvalue weighted by Crippen LogP contribution is -2.50. The Kier molecular flexibility index (Phi) is 6.74. The van der Waals surface area contributed by atoms with E-state index in [0.29, 0.717) is 31.7 Å². The van der Waals surface area contributed by atoms with E-state index in [9.17, 15) is 27.5 Å². The van der Waals surface area contributed by atoms with Gasteiger partial charge in [0.15, 0.2) is 0 Å². The van der Waals surface area contributed by atoms with Gasteiger partial charge >= 0.3 is 0 Å². The van der Waals surface area contributed by atoms with Crippen molar-refractivity contribution in [3.05, 3.63) is 89.2 Å². The average molecular weight is 498 g/mol. The number of para-hydroxylation sites is 1. The first-order valence-electron chi connectivity index (χ1n) is 10.9. The Morgan fingerprint density at radius 2 is 1.49 bits per heavy atom. The van der Waals surface area contributed by atoms with Gasteiger partial charge in [-0.3, -0.25) is 14.3 Å². The number of aryl methyl sites for hydroxylation is 1. The van der Waals surface area contributed by atoms with Crippen molar-refractivity contribution in [3.8, 4) is 5.75 Å². The summed E-state index contributed by atoms with van der Waals surface area (Å²) in [5.41, 5.74) is 1.09. The zero-order valence-electron chi connectivity index (χ0n) is 18.9. The van der Waals surface area contributed by atoms with Crippen molar-refractivity contribution in [3.63, 3.8) is 0 Å². The van der Waals surface area contributed by atoms with E-state index in [0.717, 1.165) is 6.07 Å². The van der Waals surface area contributed by atoms with Crippen LogP contribution in [0.2, 0.25) is 0 Å². The lowest BCUT2D eigenvalue weighted by molar-refractivity contribution is 0.0533. The van der Waals surface area contributed by atoms with Gasteiger partial charge in [-0.25, -0.2) is 12.8 Å². The molecule has 2 amide bonds. The van der Waals surface area contributed by atoms with Crippen LogP contribution in [0.1, 0.15) is 26.3 Å². The Hall–Kier alpha value is -3.92. The number of piperazine rings is 1. The number of hydrogen-bond donors (Lipinski definition) is 2. The van der Waals surface area contributed by atoms with Crippen LogP contribution >= 0.6 is 0 Å². The average Bonchev–Trinajstić information content (AvgIpc) is 2.85. The van der Waals surface area contributed by atoms with E-state index in [4.69, 9.17) is 0 Å². The highest BCUT2D eigenvalue weighted by Gasteiger charge is 2.26. The van der Waals surface area contributed by atoms with Crippen LogP contribution in [-0.4, -0.2) is 61.3 Å². The van der Waals surface area contributed by atoms with Crippen LogP contribution < -0.4 is 4.72 Å². The summed E-state index contributed by atoms with van der Waals surface area (Å²) in [5.74, 6) is -1.09. The molecule has 182 valence electrons. The molecule has 35 heavy (non-hydrogen) atoms. The highest BCUT2D eigenvalue weighted by molar-refractivity contribution is 7.92. The van der Waals surface area contributed by atoms with E-state index in [1.807, 2.05) is 0 Å². The standard InChI is InChI=1S/C25H24FN3O5S/c1-17-16-20(10-11-22(17)26)35(33,34)27-19-8-6-18(7-9-19)24(31)28-12-14-29(15-13-28)25(32)21-4-2-3-5-23(21)30/h2-11,16,27,30H,12-15H2,1H3. The summed E-state index contributed by atoms with van der Waals surface area (Å²) < 4.78 is 41.1. The molecule has 10 heteroatoms. The molecule has 0 saturated carbocycles. The number of nitrogens with one attached hydrogen (secondary N) is 1. The molecule has 3 aromatic carbocycles. The fraction of sp³-hybridized carbons (Fsp3) is 0.200. The molecule has 1 saturated heterocycles. The Morgan fingerprint density at radius 1 is 0.886 bits per heavy atom. The molecule has 1 aliphatic rings. The molecule has 0 bridgehead atoms. The summed E-state index contributed by atoms with van der Waals surface area (Å²) in [6.07, 6.45) is 0. The van der Waals surface area contributed by atoms with Crippen LogP contribution in [-0.2, 0) is 10.0 Å². The minimum atomic E-state index is -3.91. The van der Waals surface area contributed by atoms with Crippen molar-refractivity contribution in [1.29, 1.82) is 0 Å². The first-order chi connectivity index (χ1) is 16.7. The van der Waals surface area contributed by atoms with E-state index < -0.39 is 15.8 Å². The van der Waals surface area contributed by atoms with Crippen molar-refractivity contribution in [2.24, 2.45) is 0 Å². The first-order valence-corrected chi connectivity index (χ1v) is 12.4. The van der Waals surface area contributed by atoms with Crippen molar-refractivity contribution < 1.29 is 27.5 Å². The smallest absolute Gasteiger partial charge is 0.261 e. The number of carbonyl (C=O) groups excluding carboxylic acids is 2. The van der Waals surface area contributed by atoms with Crippen LogP contribution in [0.3, 0.4) is 0 Å². The molecule has 4 rings (SSSR count). The lowest BCUT2D eigenvalue weighted by Gasteiger charge is -2.35. The van der Waals surface area contributed by atoms with Crippen LogP contribution in [0, 0.1) is 12.7 Å². The predicted octanol–water partition coefficient (Wildman–Crippen LogP) is 3.24. The Labute approximate surface area is 202 Å². The van der Waals surface area contributed by atoms with Gasteiger partial charge < -0.3 is 14.9 Å². The molecule has 8 nitrogen and oxygen atoms in total. The summed E-state index contributed by atoms with van der Waals surface area (Å²) in [6, 6.07) is 15.9. The van der Waals surface area contributed by atoms with Gasteiger partial charge in [-0.15, -0.1) is 0 Å². The number of phenolic OH excluding ortho intramolecular Hbond substituents is 1. The van der Waals surface area contributed by atoms with Gasteiger partial charge in [-0.2, -0.15) is 0 Å². The Balaban J connectivity index is 1.37. The number of anilines is 1. The fourth-order valence-corrected chi connectivity index (χ4v) is 4.94. The van der Waals surface area contributed by atoms with Gasteiger partial charge in [-0.05, 0) is 67.1 Å². The number of nitrogens with zero attached hydrogens (tertiary/aromatic N) is 2. The number of aromatic hydroxyl groups is 1. The third-order valence-electron chi connectivity index (χ3n) is 5.81. The van der Waals surface area contributed by atoms with E-state index >= 15 is 0 Å². The summed E-state index contributed by atoms with van der Waals surface area (Å²) in [6.45, 7) is 2.80. The number of sulfonamides is 1. The van der Waals surface area contributed by atoms with Crippen LogP contribution in [0.15, 0.2) is 71.6 Å². The molecule has 0 atom stereocenters. The first kappa shape index (κ1) is 24.2. The Bertz CT molecular complexity index is 1370. The molecule has 0 unspecified atom stereocenters. The second kappa shape index (κ2) is 9.75. The van der Waals surface area contributed by atoms with Crippen LogP contribution in [0.4, 0.5) is 10.1 Å². The minimum absolute atomic E-state index is 0.0622. The maximum absolute atomic E-state index is 13.5. The second-order valence-electron chi connectivity index (χ2n) is 8.20. The van der Waals surface area contributed by atoms with Gasteiger partial charge in [0.2, 0.25) is 0 Å².